The zero-order valence-corrected chi connectivity index (χ0v) is 22.9. The molecule has 2 aliphatic carbocycles. The van der Waals surface area contributed by atoms with E-state index >= 15 is 0 Å². The van der Waals surface area contributed by atoms with Gasteiger partial charge in [0, 0.05) is 55.8 Å². The third kappa shape index (κ3) is 5.93. The summed E-state index contributed by atoms with van der Waals surface area (Å²) in [6.45, 7) is 8.38. The van der Waals surface area contributed by atoms with E-state index in [0.717, 1.165) is 74.3 Å². The zero-order valence-electron chi connectivity index (χ0n) is 22.9. The SMILES string of the molecule is C=C(c1cc(CN2CCCC(N)C2)ccn1)C1C=C(C2Cc3c(NCC4CCCC4)ncnc3N2)C=CC1N. The van der Waals surface area contributed by atoms with Crippen LogP contribution in [0.1, 0.15) is 55.3 Å². The Bertz CT molecular complexity index is 1250. The minimum Gasteiger partial charge on any atom is -0.369 e. The highest BCUT2D eigenvalue weighted by molar-refractivity contribution is 5.68. The molecule has 6 N–H and O–H groups in total. The average molecular weight is 527 g/mol. The van der Waals surface area contributed by atoms with E-state index in [4.69, 9.17) is 11.5 Å². The average Bonchev–Trinajstić information content (AvgIpc) is 3.62. The van der Waals surface area contributed by atoms with Crippen molar-refractivity contribution in [2.75, 3.05) is 30.3 Å². The van der Waals surface area contributed by atoms with Crippen LogP contribution in [-0.2, 0) is 13.0 Å². The highest BCUT2D eigenvalue weighted by Crippen LogP contribution is 2.36. The van der Waals surface area contributed by atoms with E-state index < -0.39 is 0 Å². The van der Waals surface area contributed by atoms with Crippen LogP contribution < -0.4 is 22.1 Å². The molecule has 6 rings (SSSR count). The Morgan fingerprint density at radius 2 is 2.00 bits per heavy atom. The van der Waals surface area contributed by atoms with Crippen molar-refractivity contribution in [3.05, 3.63) is 71.9 Å². The number of rotatable bonds is 8. The van der Waals surface area contributed by atoms with Crippen molar-refractivity contribution in [2.45, 2.75) is 69.6 Å². The molecule has 4 unspecified atom stereocenters. The predicted molar refractivity (Wildman–Crippen MR) is 158 cm³/mol. The van der Waals surface area contributed by atoms with Crippen molar-refractivity contribution in [1.82, 2.24) is 19.9 Å². The minimum atomic E-state index is -0.140. The lowest BCUT2D eigenvalue weighted by atomic mass is 9.83. The van der Waals surface area contributed by atoms with Crippen LogP contribution in [0.4, 0.5) is 11.6 Å². The first-order valence-electron chi connectivity index (χ1n) is 14.7. The van der Waals surface area contributed by atoms with Crippen molar-refractivity contribution >= 4 is 17.2 Å². The molecular weight excluding hydrogens is 484 g/mol. The number of hydrogen-bond donors (Lipinski definition) is 4. The van der Waals surface area contributed by atoms with Gasteiger partial charge in [0.05, 0.1) is 11.7 Å². The maximum Gasteiger partial charge on any atom is 0.135 e. The van der Waals surface area contributed by atoms with Gasteiger partial charge in [-0.05, 0) is 67.0 Å². The van der Waals surface area contributed by atoms with Gasteiger partial charge in [-0.1, -0.05) is 37.6 Å². The Hall–Kier alpha value is -3.07. The van der Waals surface area contributed by atoms with Crippen LogP contribution in [0, 0.1) is 11.8 Å². The Morgan fingerprint density at radius 3 is 2.85 bits per heavy atom. The summed E-state index contributed by atoms with van der Waals surface area (Å²) in [5, 5.41) is 7.25. The summed E-state index contributed by atoms with van der Waals surface area (Å²) in [5.41, 5.74) is 18.3. The molecular formula is C31H42N8. The maximum absolute atomic E-state index is 6.59. The predicted octanol–water partition coefficient (Wildman–Crippen LogP) is 3.89. The number of fused-ring (bicyclic) bond motifs is 1. The van der Waals surface area contributed by atoms with Gasteiger partial charge in [0.25, 0.3) is 0 Å². The minimum absolute atomic E-state index is 0.0206. The molecule has 39 heavy (non-hydrogen) atoms. The van der Waals surface area contributed by atoms with Gasteiger partial charge in [0.2, 0.25) is 0 Å². The van der Waals surface area contributed by atoms with Crippen molar-refractivity contribution in [2.24, 2.45) is 23.3 Å². The number of likely N-dealkylation sites (tertiary alicyclic amines) is 1. The molecule has 8 heteroatoms. The summed E-state index contributed by atoms with van der Waals surface area (Å²) in [7, 11) is 0. The summed E-state index contributed by atoms with van der Waals surface area (Å²) >= 11 is 0. The molecule has 2 aromatic heterocycles. The van der Waals surface area contributed by atoms with E-state index in [9.17, 15) is 0 Å². The molecule has 4 aliphatic rings. The highest BCUT2D eigenvalue weighted by Gasteiger charge is 2.31. The summed E-state index contributed by atoms with van der Waals surface area (Å²) in [5.74, 6) is 2.63. The third-order valence-corrected chi connectivity index (χ3v) is 8.90. The molecule has 2 fully saturated rings. The monoisotopic (exact) mass is 526 g/mol. The second kappa shape index (κ2) is 11.6. The van der Waals surface area contributed by atoms with Gasteiger partial charge < -0.3 is 22.1 Å². The number of anilines is 2. The molecule has 1 saturated heterocycles. The lowest BCUT2D eigenvalue weighted by Gasteiger charge is -2.31. The summed E-state index contributed by atoms with van der Waals surface area (Å²) in [6.07, 6.45) is 18.5. The van der Waals surface area contributed by atoms with E-state index in [1.54, 1.807) is 6.33 Å². The summed E-state index contributed by atoms with van der Waals surface area (Å²) < 4.78 is 0. The second-order valence-electron chi connectivity index (χ2n) is 11.8. The molecule has 0 radical (unpaired) electrons. The quantitative estimate of drug-likeness (QED) is 0.409. The van der Waals surface area contributed by atoms with Crippen LogP contribution in [0.15, 0.2) is 55.0 Å². The molecule has 4 heterocycles. The molecule has 0 amide bonds. The molecule has 206 valence electrons. The van der Waals surface area contributed by atoms with Gasteiger partial charge in [0.1, 0.15) is 18.0 Å². The second-order valence-corrected chi connectivity index (χ2v) is 11.8. The number of nitrogens with one attached hydrogen (secondary N) is 2. The number of piperidine rings is 1. The molecule has 0 bridgehead atoms. The van der Waals surface area contributed by atoms with E-state index in [1.807, 2.05) is 6.20 Å². The lowest BCUT2D eigenvalue weighted by molar-refractivity contribution is 0.201. The van der Waals surface area contributed by atoms with Crippen LogP contribution in [0.2, 0.25) is 0 Å². The topological polar surface area (TPSA) is 118 Å². The van der Waals surface area contributed by atoms with Crippen molar-refractivity contribution in [1.29, 1.82) is 0 Å². The molecule has 0 aromatic carbocycles. The Kier molecular flexibility index (Phi) is 7.77. The fourth-order valence-electron chi connectivity index (χ4n) is 6.65. The standard InChI is InChI=1S/C31H42N8/c1-20(28-13-22(10-11-34-28)17-39-12-4-7-24(32)18-39)25-14-23(8-9-27(25)33)29-15-26-30(36-19-37-31(26)38-29)35-16-21-5-2-3-6-21/h8-11,13-14,19,21,24-25,27,29H,1-7,12,15-18,32-33H2,(H2,35,36,37,38). The molecule has 8 nitrogen and oxygen atoms in total. The van der Waals surface area contributed by atoms with E-state index in [0.29, 0.717) is 0 Å². The van der Waals surface area contributed by atoms with Crippen molar-refractivity contribution in [3.63, 3.8) is 0 Å². The van der Waals surface area contributed by atoms with Crippen LogP contribution in [0.25, 0.3) is 5.57 Å². The number of aromatic nitrogens is 3. The molecule has 2 aliphatic heterocycles. The van der Waals surface area contributed by atoms with Gasteiger partial charge >= 0.3 is 0 Å². The third-order valence-electron chi connectivity index (χ3n) is 8.90. The zero-order chi connectivity index (χ0) is 26.8. The number of hydrogen-bond acceptors (Lipinski definition) is 8. The van der Waals surface area contributed by atoms with E-state index in [1.165, 1.54) is 42.4 Å². The molecule has 4 atom stereocenters. The molecule has 1 saturated carbocycles. The summed E-state index contributed by atoms with van der Waals surface area (Å²) in [4.78, 5) is 16.3. The first kappa shape index (κ1) is 26.2. The maximum atomic E-state index is 6.59. The lowest BCUT2D eigenvalue weighted by Crippen LogP contribution is -2.42. The first-order valence-corrected chi connectivity index (χ1v) is 14.7. The highest BCUT2D eigenvalue weighted by atomic mass is 15.1. The van der Waals surface area contributed by atoms with Gasteiger partial charge in [-0.25, -0.2) is 9.97 Å². The normalized spacial score (nSPS) is 27.2. The molecule has 0 spiro atoms. The van der Waals surface area contributed by atoms with Crippen LogP contribution in [0.3, 0.4) is 0 Å². The van der Waals surface area contributed by atoms with E-state index in [-0.39, 0.29) is 24.0 Å². The van der Waals surface area contributed by atoms with Crippen molar-refractivity contribution in [3.8, 4) is 0 Å². The molecule has 2 aromatic rings. The van der Waals surface area contributed by atoms with Crippen LogP contribution in [-0.4, -0.2) is 57.6 Å². The Morgan fingerprint density at radius 1 is 1.13 bits per heavy atom. The van der Waals surface area contributed by atoms with Gasteiger partial charge in [-0.2, -0.15) is 0 Å². The smallest absolute Gasteiger partial charge is 0.135 e. The van der Waals surface area contributed by atoms with Gasteiger partial charge in [-0.15, -0.1) is 0 Å². The fraction of sp³-hybridized carbons (Fsp3) is 0.516. The van der Waals surface area contributed by atoms with Crippen molar-refractivity contribution < 1.29 is 0 Å². The number of nitrogens with two attached hydrogens (primary N) is 2. The number of pyridine rings is 1. The van der Waals surface area contributed by atoms with Crippen LogP contribution >= 0.6 is 0 Å². The Balaban J connectivity index is 1.14. The van der Waals surface area contributed by atoms with Gasteiger partial charge in [0.15, 0.2) is 0 Å². The largest absolute Gasteiger partial charge is 0.369 e. The number of nitrogens with zero attached hydrogens (tertiary/aromatic N) is 4. The van der Waals surface area contributed by atoms with Gasteiger partial charge in [-0.3, -0.25) is 9.88 Å². The fourth-order valence-corrected chi connectivity index (χ4v) is 6.65. The van der Waals surface area contributed by atoms with E-state index in [2.05, 4.69) is 67.4 Å². The first-order chi connectivity index (χ1) is 19.0. The Labute approximate surface area is 232 Å². The van der Waals surface area contributed by atoms with Crippen LogP contribution in [0.5, 0.6) is 0 Å². The summed E-state index contributed by atoms with van der Waals surface area (Å²) in [6, 6.07) is 4.52.